The molecule has 0 aliphatic rings. The molecule has 1 amide bonds. The molecular formula is C25H33N3OS. The van der Waals surface area contributed by atoms with Crippen LogP contribution >= 0.6 is 11.3 Å². The molecule has 30 heavy (non-hydrogen) atoms. The Labute approximate surface area is 185 Å². The van der Waals surface area contributed by atoms with E-state index in [4.69, 9.17) is 0 Å². The number of hydrogen-bond acceptors (Lipinski definition) is 4. The number of carbonyl (C=O) groups excluding carboxylic acids is 1. The largest absolute Gasteiger partial charge is 0.298 e. The van der Waals surface area contributed by atoms with Gasteiger partial charge in [0.15, 0.2) is 5.13 Å². The summed E-state index contributed by atoms with van der Waals surface area (Å²) in [6.45, 7) is 12.1. The molecule has 0 fully saturated rings. The molecule has 0 unspecified atom stereocenters. The highest BCUT2D eigenvalue weighted by Gasteiger charge is 2.11. The van der Waals surface area contributed by atoms with Crippen molar-refractivity contribution in [2.45, 2.75) is 54.4 Å². The van der Waals surface area contributed by atoms with Gasteiger partial charge in [-0.25, -0.2) is 4.98 Å². The van der Waals surface area contributed by atoms with Crippen LogP contribution in [0.4, 0.5) is 10.8 Å². The second kappa shape index (κ2) is 14.2. The molecule has 1 aromatic heterocycles. The van der Waals surface area contributed by atoms with Gasteiger partial charge in [0.05, 0.1) is 11.4 Å². The van der Waals surface area contributed by atoms with Crippen molar-refractivity contribution in [2.75, 3.05) is 5.32 Å². The van der Waals surface area contributed by atoms with Crippen molar-refractivity contribution in [2.24, 2.45) is 4.99 Å². The minimum absolute atomic E-state index is 0.181. The fourth-order valence-corrected chi connectivity index (χ4v) is 3.18. The van der Waals surface area contributed by atoms with E-state index in [0.717, 1.165) is 35.4 Å². The van der Waals surface area contributed by atoms with Gasteiger partial charge in [-0.15, -0.1) is 11.3 Å². The molecule has 0 saturated heterocycles. The maximum Gasteiger partial charge on any atom is 0.257 e. The topological polar surface area (TPSA) is 54.4 Å². The zero-order valence-corrected chi connectivity index (χ0v) is 19.7. The lowest BCUT2D eigenvalue weighted by Crippen LogP contribution is -2.11. The number of thiazole rings is 1. The number of allylic oxidation sites excluding steroid dienone is 6. The summed E-state index contributed by atoms with van der Waals surface area (Å²) >= 11 is 1.42. The van der Waals surface area contributed by atoms with Gasteiger partial charge in [-0.05, 0) is 50.0 Å². The quantitative estimate of drug-likeness (QED) is 0.348. The van der Waals surface area contributed by atoms with Gasteiger partial charge in [-0.3, -0.25) is 15.1 Å². The van der Waals surface area contributed by atoms with Gasteiger partial charge >= 0.3 is 0 Å². The second-order valence-corrected chi connectivity index (χ2v) is 7.02. The molecule has 0 radical (unpaired) electrons. The zero-order chi connectivity index (χ0) is 22.4. The van der Waals surface area contributed by atoms with Crippen molar-refractivity contribution in [3.05, 3.63) is 70.8 Å². The molecule has 0 aliphatic carbocycles. The standard InChI is InChI=1S/C23H27N3OS.C2H6/c1-5-8-9-11-18(10-6-2)21-16-28-23(25-21)26-22(27)19-13-12-17(4)20(15-19)24-14-7-3;1-2/h5,8-16H,6-7H2,1-4H3,(H,25,26,27);1-2H3/b8-5-,11-9-,18-10+,24-14?;. The van der Waals surface area contributed by atoms with Crippen molar-refractivity contribution in [3.8, 4) is 0 Å². The molecule has 4 nitrogen and oxygen atoms in total. The summed E-state index contributed by atoms with van der Waals surface area (Å²) in [5.41, 5.74) is 4.34. The maximum absolute atomic E-state index is 12.6. The predicted molar refractivity (Wildman–Crippen MR) is 133 cm³/mol. The summed E-state index contributed by atoms with van der Waals surface area (Å²) in [6, 6.07) is 5.54. The van der Waals surface area contributed by atoms with E-state index in [-0.39, 0.29) is 5.91 Å². The molecule has 0 bridgehead atoms. The van der Waals surface area contributed by atoms with Gasteiger partial charge < -0.3 is 0 Å². The van der Waals surface area contributed by atoms with E-state index in [9.17, 15) is 4.79 Å². The third-order valence-electron chi connectivity index (χ3n) is 3.91. The first-order valence-electron chi connectivity index (χ1n) is 10.5. The first-order valence-corrected chi connectivity index (χ1v) is 11.4. The van der Waals surface area contributed by atoms with Crippen LogP contribution < -0.4 is 5.32 Å². The zero-order valence-electron chi connectivity index (χ0n) is 18.9. The molecule has 0 aliphatic heterocycles. The number of nitrogens with one attached hydrogen (secondary N) is 1. The lowest BCUT2D eigenvalue weighted by atomic mass is 10.1. The smallest absolute Gasteiger partial charge is 0.257 e. The summed E-state index contributed by atoms with van der Waals surface area (Å²) in [5, 5.41) is 5.44. The van der Waals surface area contributed by atoms with Crippen molar-refractivity contribution in [3.63, 3.8) is 0 Å². The first kappa shape index (κ1) is 25.2. The number of aliphatic imine (C=N–C) groups is 1. The lowest BCUT2D eigenvalue weighted by Gasteiger charge is -2.05. The number of anilines is 1. The van der Waals surface area contributed by atoms with Gasteiger partial charge in [0.1, 0.15) is 0 Å². The Morgan fingerprint density at radius 1 is 1.20 bits per heavy atom. The van der Waals surface area contributed by atoms with Crippen LogP contribution in [0.2, 0.25) is 0 Å². The highest BCUT2D eigenvalue weighted by atomic mass is 32.1. The van der Waals surface area contributed by atoms with Crippen molar-refractivity contribution in [1.29, 1.82) is 0 Å². The van der Waals surface area contributed by atoms with E-state index in [1.54, 1.807) is 0 Å². The number of aromatic nitrogens is 1. The molecule has 0 saturated carbocycles. The SMILES string of the molecule is CC.C\C=C/C=C\C(=C/CC)c1csc(NC(=O)c2ccc(C)c(N=CCC)c2)n1. The normalized spacial score (nSPS) is 11.9. The van der Waals surface area contributed by atoms with Crippen LogP contribution in [0.1, 0.15) is 69.1 Å². The van der Waals surface area contributed by atoms with E-state index in [1.807, 2.05) is 88.7 Å². The number of benzene rings is 1. The number of nitrogens with zero attached hydrogens (tertiary/aromatic N) is 2. The van der Waals surface area contributed by atoms with Crippen LogP contribution in [0.5, 0.6) is 0 Å². The van der Waals surface area contributed by atoms with E-state index in [0.29, 0.717) is 10.7 Å². The third kappa shape index (κ3) is 7.91. The highest BCUT2D eigenvalue weighted by molar-refractivity contribution is 7.14. The Hall–Kier alpha value is -2.79. The van der Waals surface area contributed by atoms with Crippen molar-refractivity contribution in [1.82, 2.24) is 4.98 Å². The van der Waals surface area contributed by atoms with Crippen LogP contribution in [0, 0.1) is 6.92 Å². The molecule has 2 rings (SSSR count). The average Bonchev–Trinajstić information content (AvgIpc) is 3.22. The van der Waals surface area contributed by atoms with Gasteiger partial charge in [0.2, 0.25) is 0 Å². The number of aryl methyl sites for hydroxylation is 1. The molecule has 0 spiro atoms. The minimum atomic E-state index is -0.181. The third-order valence-corrected chi connectivity index (χ3v) is 4.67. The number of amides is 1. The Balaban J connectivity index is 0.00000218. The summed E-state index contributed by atoms with van der Waals surface area (Å²) in [4.78, 5) is 21.6. The van der Waals surface area contributed by atoms with Crippen molar-refractivity contribution >= 4 is 39.9 Å². The van der Waals surface area contributed by atoms with Crippen LogP contribution in [-0.4, -0.2) is 17.1 Å². The number of rotatable bonds is 8. The van der Waals surface area contributed by atoms with Crippen molar-refractivity contribution < 1.29 is 4.79 Å². The number of carbonyl (C=O) groups is 1. The second-order valence-electron chi connectivity index (χ2n) is 6.17. The van der Waals surface area contributed by atoms with Gasteiger partial charge in [-0.1, -0.05) is 64.1 Å². The summed E-state index contributed by atoms with van der Waals surface area (Å²) < 4.78 is 0. The predicted octanol–water partition coefficient (Wildman–Crippen LogP) is 7.77. The summed E-state index contributed by atoms with van der Waals surface area (Å²) in [5.74, 6) is -0.181. The maximum atomic E-state index is 12.6. The Morgan fingerprint density at radius 3 is 2.63 bits per heavy atom. The Kier molecular flexibility index (Phi) is 12.0. The average molecular weight is 424 g/mol. The molecular weight excluding hydrogens is 390 g/mol. The molecule has 160 valence electrons. The fourth-order valence-electron chi connectivity index (χ4n) is 2.46. The van der Waals surface area contributed by atoms with Gasteiger partial charge in [0.25, 0.3) is 5.91 Å². The fraction of sp³-hybridized carbons (Fsp3) is 0.320. The Morgan fingerprint density at radius 2 is 1.97 bits per heavy atom. The molecule has 0 atom stereocenters. The molecule has 5 heteroatoms. The molecule has 1 N–H and O–H groups in total. The highest BCUT2D eigenvalue weighted by Crippen LogP contribution is 2.25. The first-order chi connectivity index (χ1) is 14.6. The number of hydrogen-bond donors (Lipinski definition) is 1. The lowest BCUT2D eigenvalue weighted by molar-refractivity contribution is 0.102. The van der Waals surface area contributed by atoms with E-state index in [1.165, 1.54) is 11.3 Å². The van der Waals surface area contributed by atoms with Crippen LogP contribution in [0.25, 0.3) is 5.57 Å². The van der Waals surface area contributed by atoms with E-state index in [2.05, 4.69) is 28.3 Å². The molecule has 1 heterocycles. The van der Waals surface area contributed by atoms with E-state index >= 15 is 0 Å². The monoisotopic (exact) mass is 423 g/mol. The minimum Gasteiger partial charge on any atom is -0.298 e. The van der Waals surface area contributed by atoms with Crippen LogP contribution in [0.3, 0.4) is 0 Å². The van der Waals surface area contributed by atoms with E-state index < -0.39 is 0 Å². The molecule has 2 aromatic rings. The van der Waals surface area contributed by atoms with Crippen LogP contribution in [-0.2, 0) is 0 Å². The summed E-state index contributed by atoms with van der Waals surface area (Å²) in [7, 11) is 0. The van der Waals surface area contributed by atoms with Crippen LogP contribution in [0.15, 0.2) is 59.0 Å². The van der Waals surface area contributed by atoms with Gasteiger partial charge in [0, 0.05) is 17.2 Å². The summed E-state index contributed by atoms with van der Waals surface area (Å²) in [6.07, 6.45) is 13.7. The molecule has 1 aromatic carbocycles. The Bertz CT molecular complexity index is 920. The van der Waals surface area contributed by atoms with Gasteiger partial charge in [-0.2, -0.15) is 0 Å².